The third kappa shape index (κ3) is 3.00. The van der Waals surface area contributed by atoms with Gasteiger partial charge in [0, 0.05) is 11.0 Å². The van der Waals surface area contributed by atoms with Gasteiger partial charge in [-0.1, -0.05) is 15.9 Å². The molecule has 1 saturated heterocycles. The Kier molecular flexibility index (Phi) is 4.84. The van der Waals surface area contributed by atoms with Crippen molar-refractivity contribution in [3.8, 4) is 0 Å². The minimum absolute atomic E-state index is 0.0851. The largest absolute Gasteiger partial charge is 0.480 e. The van der Waals surface area contributed by atoms with Crippen molar-refractivity contribution in [3.05, 3.63) is 28.2 Å². The first-order chi connectivity index (χ1) is 10.6. The summed E-state index contributed by atoms with van der Waals surface area (Å²) in [5.74, 6) is -2.02. The number of methoxy groups -OCH3 is 1. The summed E-state index contributed by atoms with van der Waals surface area (Å²) < 4.78 is 32.0. The number of benzene rings is 1. The molecule has 1 aliphatic rings. The van der Waals surface area contributed by atoms with E-state index in [1.165, 1.54) is 25.1 Å². The zero-order chi connectivity index (χ0) is 17.4. The van der Waals surface area contributed by atoms with Crippen LogP contribution >= 0.6 is 15.9 Å². The van der Waals surface area contributed by atoms with E-state index in [2.05, 4.69) is 20.7 Å². The van der Waals surface area contributed by atoms with Crippen LogP contribution in [0.2, 0.25) is 0 Å². The van der Waals surface area contributed by atoms with Crippen LogP contribution in [-0.4, -0.2) is 49.0 Å². The SMILES string of the molecule is COC(=O)c1cc(Br)ccc1S(=O)(=O)N1CCC[C@@]1(C)C(=O)O. The van der Waals surface area contributed by atoms with Crippen molar-refractivity contribution in [2.24, 2.45) is 0 Å². The average Bonchev–Trinajstić information content (AvgIpc) is 2.90. The van der Waals surface area contributed by atoms with Crippen molar-refractivity contribution < 1.29 is 27.9 Å². The highest BCUT2D eigenvalue weighted by molar-refractivity contribution is 9.10. The van der Waals surface area contributed by atoms with Crippen LogP contribution in [-0.2, 0) is 19.6 Å². The van der Waals surface area contributed by atoms with Crippen molar-refractivity contribution in [1.29, 1.82) is 0 Å². The Hall–Kier alpha value is -1.45. The topological polar surface area (TPSA) is 101 Å². The first kappa shape index (κ1) is 17.9. The fourth-order valence-electron chi connectivity index (χ4n) is 2.65. The summed E-state index contributed by atoms with van der Waals surface area (Å²) in [5, 5.41) is 9.42. The van der Waals surface area contributed by atoms with Gasteiger partial charge in [-0.3, -0.25) is 4.79 Å². The molecule has 0 unspecified atom stereocenters. The van der Waals surface area contributed by atoms with Gasteiger partial charge in [-0.2, -0.15) is 4.31 Å². The highest BCUT2D eigenvalue weighted by Crippen LogP contribution is 2.36. The third-order valence-electron chi connectivity index (χ3n) is 3.95. The average molecular weight is 406 g/mol. The molecule has 1 aliphatic heterocycles. The molecule has 1 atom stereocenters. The van der Waals surface area contributed by atoms with Crippen LogP contribution < -0.4 is 0 Å². The molecule has 1 fully saturated rings. The van der Waals surface area contributed by atoms with Gasteiger partial charge in [0.1, 0.15) is 5.54 Å². The van der Waals surface area contributed by atoms with Gasteiger partial charge in [-0.15, -0.1) is 0 Å². The Labute approximate surface area is 142 Å². The van der Waals surface area contributed by atoms with E-state index < -0.39 is 27.5 Å². The van der Waals surface area contributed by atoms with Gasteiger partial charge in [-0.25, -0.2) is 13.2 Å². The number of halogens is 1. The monoisotopic (exact) mass is 405 g/mol. The molecule has 2 rings (SSSR count). The standard InChI is InChI=1S/C14H16BrNO6S/c1-14(13(18)19)6-3-7-16(14)23(20,21)11-5-4-9(15)8-10(11)12(17)22-2/h4-5,8H,3,6-7H2,1-2H3,(H,18,19)/t14-/m0/s1. The van der Waals surface area contributed by atoms with Crippen LogP contribution in [0.1, 0.15) is 30.1 Å². The molecule has 7 nitrogen and oxygen atoms in total. The number of hydrogen-bond donors (Lipinski definition) is 1. The zero-order valence-electron chi connectivity index (χ0n) is 12.6. The van der Waals surface area contributed by atoms with Gasteiger partial charge in [0.15, 0.2) is 0 Å². The number of hydrogen-bond acceptors (Lipinski definition) is 5. The molecule has 0 saturated carbocycles. The van der Waals surface area contributed by atoms with E-state index in [0.29, 0.717) is 10.9 Å². The van der Waals surface area contributed by atoms with Crippen molar-refractivity contribution in [2.75, 3.05) is 13.7 Å². The molecule has 0 amide bonds. The smallest absolute Gasteiger partial charge is 0.339 e. The Morgan fingerprint density at radius 3 is 2.61 bits per heavy atom. The summed E-state index contributed by atoms with van der Waals surface area (Å²) in [4.78, 5) is 23.2. The van der Waals surface area contributed by atoms with Crippen molar-refractivity contribution >= 4 is 37.9 Å². The molecule has 0 radical (unpaired) electrons. The van der Waals surface area contributed by atoms with Crippen molar-refractivity contribution in [1.82, 2.24) is 4.31 Å². The normalized spacial score (nSPS) is 22.0. The molecule has 0 aromatic heterocycles. The number of ether oxygens (including phenoxy) is 1. The number of carboxylic acid groups (broad SMARTS) is 1. The van der Waals surface area contributed by atoms with E-state index >= 15 is 0 Å². The van der Waals surface area contributed by atoms with Gasteiger partial charge in [-0.05, 0) is 38.0 Å². The molecular weight excluding hydrogens is 390 g/mol. The molecule has 1 N–H and O–H groups in total. The summed E-state index contributed by atoms with van der Waals surface area (Å²) in [7, 11) is -3.01. The van der Waals surface area contributed by atoms with Crippen LogP contribution in [0.15, 0.2) is 27.6 Å². The maximum atomic E-state index is 12.9. The Balaban J connectivity index is 2.61. The molecule has 0 spiro atoms. The quantitative estimate of drug-likeness (QED) is 0.767. The molecule has 1 aromatic carbocycles. The molecular formula is C14H16BrNO6S. The first-order valence-corrected chi connectivity index (χ1v) is 9.02. The van der Waals surface area contributed by atoms with Crippen LogP contribution in [0.4, 0.5) is 0 Å². The van der Waals surface area contributed by atoms with Crippen LogP contribution in [0.25, 0.3) is 0 Å². The van der Waals surface area contributed by atoms with E-state index in [-0.39, 0.29) is 23.4 Å². The lowest BCUT2D eigenvalue weighted by molar-refractivity contribution is -0.146. The van der Waals surface area contributed by atoms with Crippen LogP contribution in [0, 0.1) is 0 Å². The van der Waals surface area contributed by atoms with Gasteiger partial charge in [0.05, 0.1) is 17.6 Å². The Morgan fingerprint density at radius 1 is 1.39 bits per heavy atom. The summed E-state index contributed by atoms with van der Waals surface area (Å²) >= 11 is 3.18. The van der Waals surface area contributed by atoms with E-state index in [1.807, 2.05) is 0 Å². The highest BCUT2D eigenvalue weighted by atomic mass is 79.9. The minimum atomic E-state index is -4.16. The number of carbonyl (C=O) groups is 2. The highest BCUT2D eigenvalue weighted by Gasteiger charge is 2.50. The zero-order valence-corrected chi connectivity index (χ0v) is 15.0. The minimum Gasteiger partial charge on any atom is -0.480 e. The summed E-state index contributed by atoms with van der Waals surface area (Å²) in [5.41, 5.74) is -1.67. The summed E-state index contributed by atoms with van der Waals surface area (Å²) in [6.45, 7) is 1.46. The number of sulfonamides is 1. The Bertz CT molecular complexity index is 763. The maximum absolute atomic E-state index is 12.9. The van der Waals surface area contributed by atoms with E-state index in [1.54, 1.807) is 0 Å². The molecule has 1 aromatic rings. The second-order valence-corrected chi connectivity index (χ2v) is 8.14. The lowest BCUT2D eigenvalue weighted by Crippen LogP contribution is -2.50. The third-order valence-corrected chi connectivity index (χ3v) is 6.52. The van der Waals surface area contributed by atoms with Gasteiger partial charge < -0.3 is 9.84 Å². The van der Waals surface area contributed by atoms with E-state index in [0.717, 1.165) is 11.4 Å². The lowest BCUT2D eigenvalue weighted by atomic mass is 10.0. The fourth-order valence-corrected chi connectivity index (χ4v) is 4.98. The molecule has 23 heavy (non-hydrogen) atoms. The summed E-state index contributed by atoms with van der Waals surface area (Å²) in [6.07, 6.45) is 0.651. The number of esters is 1. The predicted molar refractivity (Wildman–Crippen MR) is 84.6 cm³/mol. The second-order valence-electron chi connectivity index (χ2n) is 5.39. The Morgan fingerprint density at radius 2 is 2.04 bits per heavy atom. The molecule has 1 heterocycles. The van der Waals surface area contributed by atoms with Crippen LogP contribution in [0.3, 0.4) is 0 Å². The molecule has 9 heteroatoms. The van der Waals surface area contributed by atoms with Gasteiger partial charge in [0.25, 0.3) is 0 Å². The van der Waals surface area contributed by atoms with Gasteiger partial charge in [0.2, 0.25) is 10.0 Å². The number of aliphatic carboxylic acids is 1. The van der Waals surface area contributed by atoms with Gasteiger partial charge >= 0.3 is 11.9 Å². The number of carboxylic acids is 1. The van der Waals surface area contributed by atoms with E-state index in [9.17, 15) is 23.1 Å². The fraction of sp³-hybridized carbons (Fsp3) is 0.429. The molecule has 0 aliphatic carbocycles. The number of nitrogens with zero attached hydrogens (tertiary/aromatic N) is 1. The van der Waals surface area contributed by atoms with Crippen LogP contribution in [0.5, 0.6) is 0 Å². The summed E-state index contributed by atoms with van der Waals surface area (Å²) in [6, 6.07) is 4.09. The second kappa shape index (κ2) is 6.21. The van der Waals surface area contributed by atoms with Crippen molar-refractivity contribution in [3.63, 3.8) is 0 Å². The number of carbonyl (C=O) groups excluding carboxylic acids is 1. The van der Waals surface area contributed by atoms with Crippen molar-refractivity contribution in [2.45, 2.75) is 30.2 Å². The first-order valence-electron chi connectivity index (χ1n) is 6.78. The number of rotatable bonds is 4. The molecule has 126 valence electrons. The molecule has 0 bridgehead atoms. The lowest BCUT2D eigenvalue weighted by Gasteiger charge is -2.30. The predicted octanol–water partition coefficient (Wildman–Crippen LogP) is 1.86. The maximum Gasteiger partial charge on any atom is 0.339 e. The van der Waals surface area contributed by atoms with E-state index in [4.69, 9.17) is 0 Å².